The molecule has 19 heteroatoms. The quantitative estimate of drug-likeness (QED) is 0.0169. The van der Waals surface area contributed by atoms with Gasteiger partial charge in [-0.1, -0.05) is 294 Å². The van der Waals surface area contributed by atoms with Gasteiger partial charge in [0.15, 0.2) is 12.2 Å². The summed E-state index contributed by atoms with van der Waals surface area (Å²) in [7, 11) is -9.95. The Morgan fingerprint density at radius 3 is 0.865 bits per heavy atom. The van der Waals surface area contributed by atoms with Crippen LogP contribution in [0.5, 0.6) is 0 Å². The molecule has 0 spiro atoms. The second kappa shape index (κ2) is 70.2. The molecule has 3 N–H and O–H groups in total. The number of phosphoric acid groups is 2. The summed E-state index contributed by atoms with van der Waals surface area (Å²) in [6, 6.07) is 0. The zero-order valence-corrected chi connectivity index (χ0v) is 62.8. The normalized spacial score (nSPS) is 14.3. The van der Waals surface area contributed by atoms with Crippen molar-refractivity contribution in [3.63, 3.8) is 0 Å². The highest BCUT2D eigenvalue weighted by molar-refractivity contribution is 7.47. The monoisotopic (exact) mass is 1400 g/mol. The van der Waals surface area contributed by atoms with Crippen molar-refractivity contribution in [3.8, 4) is 0 Å². The lowest BCUT2D eigenvalue weighted by molar-refractivity contribution is -0.161. The molecule has 560 valence electrons. The first-order valence-electron chi connectivity index (χ1n) is 38.5. The lowest BCUT2D eigenvalue weighted by atomic mass is 10.0. The first-order valence-corrected chi connectivity index (χ1v) is 41.5. The molecule has 0 amide bonds. The number of carbonyl (C=O) groups excluding carboxylic acids is 4. The Bertz CT molecular complexity index is 2060. The molecular formula is C77H140O17P2. The van der Waals surface area contributed by atoms with Gasteiger partial charge in [0.25, 0.3) is 0 Å². The maximum Gasteiger partial charge on any atom is 0.472 e. The molecule has 0 fully saturated rings. The third kappa shape index (κ3) is 69.2. The first-order chi connectivity index (χ1) is 46.7. The van der Waals surface area contributed by atoms with Gasteiger partial charge < -0.3 is 33.8 Å². The molecule has 2 unspecified atom stereocenters. The molecule has 0 saturated carbocycles. The molecule has 17 nitrogen and oxygen atoms in total. The van der Waals surface area contributed by atoms with Gasteiger partial charge in [-0.3, -0.25) is 37.3 Å². The molecule has 96 heavy (non-hydrogen) atoms. The summed E-state index contributed by atoms with van der Waals surface area (Å²) in [4.78, 5) is 72.8. The van der Waals surface area contributed by atoms with Crippen molar-refractivity contribution in [2.45, 2.75) is 367 Å². The van der Waals surface area contributed by atoms with Crippen molar-refractivity contribution in [2.24, 2.45) is 0 Å². The van der Waals surface area contributed by atoms with Crippen LogP contribution in [0.3, 0.4) is 0 Å². The van der Waals surface area contributed by atoms with Gasteiger partial charge in [-0.05, 0) is 89.9 Å². The number of ether oxygens (including phenoxy) is 4. The standard InChI is InChI=1S/C77H140O17P2/c1-5-9-13-17-21-25-29-33-34-35-36-40-44-48-52-56-60-64-77(82)94-73(68-88-75(80)62-58-54-50-46-42-38-31-27-23-19-15-11-7-3)70-92-96(85,86)90-66-71(78)65-89-95(83,84)91-69-72(93-76(81)63-59-55-51-47-43-39-32-28-24-20-16-12-8-4)67-87-74(79)61-57-53-49-45-41-37-30-26-22-18-14-10-6-2/h21,25,27,31,33-34,36,40,48,52,71-73,78H,5-20,22-24,26,28-30,32,35,37-39,41-47,49-51,53-70H2,1-4H3,(H,83,84)(H,85,86)/b25-21-,31-27-,34-33-,40-36-,52-48-/t71-,72+,73+/m0/s1. The van der Waals surface area contributed by atoms with Crippen LogP contribution in [-0.4, -0.2) is 96.7 Å². The smallest absolute Gasteiger partial charge is 0.462 e. The minimum atomic E-state index is -4.98. The predicted octanol–water partition coefficient (Wildman–Crippen LogP) is 21.9. The molecule has 0 heterocycles. The summed E-state index contributed by atoms with van der Waals surface area (Å²) < 4.78 is 68.4. The number of esters is 4. The maximum absolute atomic E-state index is 13.1. The van der Waals surface area contributed by atoms with Gasteiger partial charge in [0, 0.05) is 25.7 Å². The lowest BCUT2D eigenvalue weighted by Crippen LogP contribution is -2.30. The Morgan fingerprint density at radius 1 is 0.292 bits per heavy atom. The first kappa shape index (κ1) is 92.8. The third-order valence-electron chi connectivity index (χ3n) is 16.5. The second-order valence-electron chi connectivity index (χ2n) is 26.0. The van der Waals surface area contributed by atoms with E-state index in [1.54, 1.807) is 0 Å². The van der Waals surface area contributed by atoms with Gasteiger partial charge >= 0.3 is 39.5 Å². The van der Waals surface area contributed by atoms with Crippen LogP contribution < -0.4 is 0 Å². The average molecular weight is 1400 g/mol. The van der Waals surface area contributed by atoms with E-state index in [1.807, 2.05) is 12.2 Å². The van der Waals surface area contributed by atoms with E-state index in [-0.39, 0.29) is 25.7 Å². The Labute approximate surface area is 584 Å². The van der Waals surface area contributed by atoms with E-state index in [0.29, 0.717) is 32.1 Å². The Kier molecular flexibility index (Phi) is 67.8. The second-order valence-corrected chi connectivity index (χ2v) is 28.9. The highest BCUT2D eigenvalue weighted by atomic mass is 31.2. The SMILES string of the molecule is CCCCC/C=C\C/C=C\C/C=C\C/C=C\CCCC(=O)O[C@H](COC(=O)CCCCCCC/C=C\CCCCCC)COP(=O)(O)OC[C@@H](O)COP(=O)(O)OC[C@@H](COC(=O)CCCCCCCCCCCCCCC)OC(=O)CCCCCCCCCCCCCCC. The topological polar surface area (TPSA) is 237 Å². The van der Waals surface area contributed by atoms with Crippen molar-refractivity contribution in [2.75, 3.05) is 39.6 Å². The van der Waals surface area contributed by atoms with E-state index in [9.17, 15) is 43.2 Å². The number of aliphatic hydroxyl groups is 1. The Morgan fingerprint density at radius 2 is 0.521 bits per heavy atom. The molecule has 0 radical (unpaired) electrons. The van der Waals surface area contributed by atoms with Crippen LogP contribution in [-0.2, 0) is 65.4 Å². The number of phosphoric ester groups is 2. The van der Waals surface area contributed by atoms with Gasteiger partial charge in [0.05, 0.1) is 26.4 Å². The van der Waals surface area contributed by atoms with Crippen LogP contribution in [0.15, 0.2) is 60.8 Å². The van der Waals surface area contributed by atoms with Crippen LogP contribution >= 0.6 is 15.6 Å². The van der Waals surface area contributed by atoms with Crippen LogP contribution in [0, 0.1) is 0 Å². The molecule has 0 aliphatic heterocycles. The van der Waals surface area contributed by atoms with Crippen molar-refractivity contribution in [1.29, 1.82) is 0 Å². The number of allylic oxidation sites excluding steroid dienone is 10. The maximum atomic E-state index is 13.1. The van der Waals surface area contributed by atoms with Crippen LogP contribution in [0.2, 0.25) is 0 Å². The van der Waals surface area contributed by atoms with E-state index in [2.05, 4.69) is 76.3 Å². The van der Waals surface area contributed by atoms with Crippen molar-refractivity contribution in [1.82, 2.24) is 0 Å². The van der Waals surface area contributed by atoms with Crippen LogP contribution in [0.25, 0.3) is 0 Å². The summed E-state index contributed by atoms with van der Waals surface area (Å²) in [5.74, 6) is -2.22. The fraction of sp³-hybridized carbons (Fsp3) is 0.818. The van der Waals surface area contributed by atoms with Gasteiger partial charge in [0.1, 0.15) is 19.3 Å². The number of unbranched alkanes of at least 4 members (excludes halogenated alkanes) is 37. The minimum absolute atomic E-state index is 0.0213. The summed E-state index contributed by atoms with van der Waals surface area (Å²) in [6.45, 7) is 4.81. The van der Waals surface area contributed by atoms with E-state index in [0.717, 1.165) is 109 Å². The summed E-state index contributed by atoms with van der Waals surface area (Å²) in [5.41, 5.74) is 0. The van der Waals surface area contributed by atoms with Crippen molar-refractivity contribution in [3.05, 3.63) is 60.8 Å². The third-order valence-corrected chi connectivity index (χ3v) is 18.4. The largest absolute Gasteiger partial charge is 0.472 e. The average Bonchev–Trinajstić information content (AvgIpc) is 1.26. The van der Waals surface area contributed by atoms with Gasteiger partial charge in [0.2, 0.25) is 0 Å². The molecular weight excluding hydrogens is 1260 g/mol. The predicted molar refractivity (Wildman–Crippen MR) is 390 cm³/mol. The summed E-state index contributed by atoms with van der Waals surface area (Å²) in [5, 5.41) is 10.6. The molecule has 0 saturated heterocycles. The Balaban J connectivity index is 5.36. The fourth-order valence-corrected chi connectivity index (χ4v) is 12.1. The molecule has 0 aromatic rings. The molecule has 0 aromatic heterocycles. The van der Waals surface area contributed by atoms with E-state index in [4.69, 9.17) is 37.0 Å². The summed E-state index contributed by atoms with van der Waals surface area (Å²) in [6.07, 6.45) is 67.9. The van der Waals surface area contributed by atoms with E-state index in [1.165, 1.54) is 154 Å². The fourth-order valence-electron chi connectivity index (χ4n) is 10.6. The zero-order chi connectivity index (χ0) is 70.4. The lowest BCUT2D eigenvalue weighted by Gasteiger charge is -2.21. The van der Waals surface area contributed by atoms with Gasteiger partial charge in [-0.15, -0.1) is 0 Å². The Hall–Kier alpha value is -3.24. The number of hydrogen-bond acceptors (Lipinski definition) is 15. The number of aliphatic hydroxyl groups excluding tert-OH is 1. The van der Waals surface area contributed by atoms with Gasteiger partial charge in [-0.25, -0.2) is 9.13 Å². The van der Waals surface area contributed by atoms with E-state index < -0.39 is 97.5 Å². The van der Waals surface area contributed by atoms with Crippen molar-refractivity contribution < 1.29 is 80.2 Å². The number of hydrogen-bond donors (Lipinski definition) is 3. The molecule has 0 aliphatic rings. The van der Waals surface area contributed by atoms with Crippen LogP contribution in [0.4, 0.5) is 0 Å². The molecule has 5 atom stereocenters. The molecule has 0 aliphatic carbocycles. The zero-order valence-electron chi connectivity index (χ0n) is 61.1. The van der Waals surface area contributed by atoms with Gasteiger partial charge in [-0.2, -0.15) is 0 Å². The van der Waals surface area contributed by atoms with E-state index >= 15 is 0 Å². The molecule has 0 rings (SSSR count). The highest BCUT2D eigenvalue weighted by Crippen LogP contribution is 2.45. The summed E-state index contributed by atoms with van der Waals surface area (Å²) >= 11 is 0. The molecule has 0 aromatic carbocycles. The van der Waals surface area contributed by atoms with Crippen molar-refractivity contribution >= 4 is 39.5 Å². The number of carbonyl (C=O) groups is 4. The van der Waals surface area contributed by atoms with Crippen LogP contribution in [0.1, 0.15) is 349 Å². The molecule has 0 bridgehead atoms. The highest BCUT2D eigenvalue weighted by Gasteiger charge is 2.30. The number of rotatable bonds is 73. The minimum Gasteiger partial charge on any atom is -0.462 e.